The number of carbonyl (C=O) groups excluding carboxylic acids is 2. The van der Waals surface area contributed by atoms with Crippen LogP contribution < -0.4 is 0 Å². The molecule has 1 heterocycles. The molecule has 5 aliphatic rings. The van der Waals surface area contributed by atoms with Crippen LogP contribution in [-0.4, -0.2) is 35.4 Å². The van der Waals surface area contributed by atoms with E-state index in [2.05, 4.69) is 34.6 Å². The smallest absolute Gasteiger partial charge is 0.335 e. The maximum Gasteiger partial charge on any atom is 0.335 e. The highest BCUT2D eigenvalue weighted by molar-refractivity contribution is 5.94. The van der Waals surface area contributed by atoms with Crippen molar-refractivity contribution in [3.63, 3.8) is 0 Å². The summed E-state index contributed by atoms with van der Waals surface area (Å²) >= 11 is 0. The average molecular weight is 515 g/mol. The van der Waals surface area contributed by atoms with Crippen LogP contribution in [0.3, 0.4) is 0 Å². The molecule has 3 fully saturated rings. The van der Waals surface area contributed by atoms with Crippen LogP contribution >= 0.6 is 0 Å². The van der Waals surface area contributed by atoms with Crippen molar-refractivity contribution < 1.29 is 24.2 Å². The maximum absolute atomic E-state index is 13.4. The van der Waals surface area contributed by atoms with E-state index in [1.165, 1.54) is 38.5 Å². The lowest BCUT2D eigenvalue weighted by atomic mass is 9.35. The van der Waals surface area contributed by atoms with Crippen molar-refractivity contribution in [2.75, 3.05) is 0 Å². The first kappa shape index (κ1) is 27.2. The van der Waals surface area contributed by atoms with Gasteiger partial charge in [-0.15, -0.1) is 0 Å². The predicted molar refractivity (Wildman–Crippen MR) is 143 cm³/mol. The van der Waals surface area contributed by atoms with Crippen LogP contribution in [0.1, 0.15) is 119 Å². The zero-order chi connectivity index (χ0) is 27.0. The Hall–Kier alpha value is -1.36. The van der Waals surface area contributed by atoms with Gasteiger partial charge in [-0.25, -0.2) is 4.79 Å². The summed E-state index contributed by atoms with van der Waals surface area (Å²) in [5.41, 5.74) is 2.01. The molecule has 4 aliphatic carbocycles. The highest BCUT2D eigenvalue weighted by Gasteiger charge is 2.70. The minimum absolute atomic E-state index is 0.0102. The molecule has 4 unspecified atom stereocenters. The van der Waals surface area contributed by atoms with Crippen LogP contribution in [0.15, 0.2) is 11.1 Å². The largest absolute Gasteiger partial charge is 0.461 e. The summed E-state index contributed by atoms with van der Waals surface area (Å²) in [7, 11) is 0. The maximum atomic E-state index is 13.4. The second-order valence-electron chi connectivity index (χ2n) is 14.3. The quantitative estimate of drug-likeness (QED) is 0.410. The lowest BCUT2D eigenvalue weighted by Crippen LogP contribution is -2.66. The first-order chi connectivity index (χ1) is 17.3. The molecule has 0 amide bonds. The molecular weight excluding hydrogens is 464 g/mol. The number of fused-ring (bicyclic) bond motifs is 6. The van der Waals surface area contributed by atoms with Gasteiger partial charge in [0.15, 0.2) is 0 Å². The number of cyclic esters (lactones) is 1. The van der Waals surface area contributed by atoms with Gasteiger partial charge in [0.1, 0.15) is 12.2 Å². The Kier molecular flexibility index (Phi) is 6.69. The van der Waals surface area contributed by atoms with Gasteiger partial charge in [-0.3, -0.25) is 4.79 Å². The molecule has 0 radical (unpaired) electrons. The summed E-state index contributed by atoms with van der Waals surface area (Å²) in [5.74, 6) is 0.831. The molecule has 0 saturated heterocycles. The Labute approximate surface area is 224 Å². The van der Waals surface area contributed by atoms with Gasteiger partial charge in [-0.1, -0.05) is 54.4 Å². The number of hydrogen-bond donors (Lipinski definition) is 1. The van der Waals surface area contributed by atoms with E-state index in [0.717, 1.165) is 30.4 Å². The van der Waals surface area contributed by atoms with Gasteiger partial charge in [-0.2, -0.15) is 0 Å². The number of hydrogen-bond acceptors (Lipinski definition) is 5. The number of ether oxygens (including phenoxy) is 2. The highest BCUT2D eigenvalue weighted by atomic mass is 16.6. The van der Waals surface area contributed by atoms with Crippen molar-refractivity contribution in [2.24, 2.45) is 39.4 Å². The van der Waals surface area contributed by atoms with E-state index < -0.39 is 11.5 Å². The second kappa shape index (κ2) is 9.10. The summed E-state index contributed by atoms with van der Waals surface area (Å²) in [4.78, 5) is 26.5. The van der Waals surface area contributed by atoms with E-state index in [4.69, 9.17) is 9.47 Å². The fourth-order valence-electron chi connectivity index (χ4n) is 10.7. The number of rotatable bonds is 5. The SMILES string of the molecule is CCC(O)CC(=O)O[C@H]1CC2[C@@]3(C)CCC[C@](C)(CC)C3CC[C@@]2(C)C2CCC3=C(C(=O)O[C@@H]3C)[C@]21C. The van der Waals surface area contributed by atoms with Crippen molar-refractivity contribution in [1.82, 2.24) is 0 Å². The lowest BCUT2D eigenvalue weighted by Gasteiger charge is -2.70. The summed E-state index contributed by atoms with van der Waals surface area (Å²) in [6.45, 7) is 16.0. The highest BCUT2D eigenvalue weighted by Crippen LogP contribution is 2.74. The van der Waals surface area contributed by atoms with Crippen molar-refractivity contribution in [3.05, 3.63) is 11.1 Å². The van der Waals surface area contributed by atoms with Gasteiger partial charge in [0.25, 0.3) is 0 Å². The fraction of sp³-hybridized carbons (Fsp3) is 0.875. The van der Waals surface area contributed by atoms with Gasteiger partial charge in [0, 0.05) is 11.0 Å². The molecule has 0 aromatic heterocycles. The van der Waals surface area contributed by atoms with Gasteiger partial charge in [0.05, 0.1) is 12.5 Å². The molecular formula is C32H50O5. The Bertz CT molecular complexity index is 986. The van der Waals surface area contributed by atoms with Crippen LogP contribution in [0.25, 0.3) is 0 Å². The van der Waals surface area contributed by atoms with Crippen molar-refractivity contribution >= 4 is 11.9 Å². The third-order valence-corrected chi connectivity index (χ3v) is 12.8. The molecule has 37 heavy (non-hydrogen) atoms. The molecule has 1 aliphatic heterocycles. The molecule has 0 aromatic carbocycles. The van der Waals surface area contributed by atoms with E-state index in [0.29, 0.717) is 23.7 Å². The predicted octanol–water partition coefficient (Wildman–Crippen LogP) is 6.76. The monoisotopic (exact) mass is 514 g/mol. The third-order valence-electron chi connectivity index (χ3n) is 12.8. The Balaban J connectivity index is 1.60. The zero-order valence-corrected chi connectivity index (χ0v) is 24.3. The fourth-order valence-corrected chi connectivity index (χ4v) is 10.7. The summed E-state index contributed by atoms with van der Waals surface area (Å²) in [6, 6.07) is 0. The molecule has 3 saturated carbocycles. The number of carbonyl (C=O) groups is 2. The molecule has 10 atom stereocenters. The summed E-state index contributed by atoms with van der Waals surface area (Å²) in [5, 5.41) is 10.2. The van der Waals surface area contributed by atoms with E-state index >= 15 is 0 Å². The number of esters is 2. The van der Waals surface area contributed by atoms with Crippen LogP contribution in [-0.2, 0) is 19.1 Å². The summed E-state index contributed by atoms with van der Waals surface area (Å²) < 4.78 is 12.2. The van der Waals surface area contributed by atoms with Gasteiger partial charge >= 0.3 is 11.9 Å². The van der Waals surface area contributed by atoms with Crippen molar-refractivity contribution in [2.45, 2.75) is 137 Å². The van der Waals surface area contributed by atoms with Crippen LogP contribution in [0.5, 0.6) is 0 Å². The van der Waals surface area contributed by atoms with Crippen molar-refractivity contribution in [3.8, 4) is 0 Å². The van der Waals surface area contributed by atoms with Crippen LogP contribution in [0.2, 0.25) is 0 Å². The molecule has 0 aromatic rings. The van der Waals surface area contributed by atoms with Gasteiger partial charge < -0.3 is 14.6 Å². The molecule has 5 nitrogen and oxygen atoms in total. The first-order valence-corrected chi connectivity index (χ1v) is 15.2. The van der Waals surface area contributed by atoms with E-state index in [9.17, 15) is 14.7 Å². The average Bonchev–Trinajstić information content (AvgIpc) is 3.14. The molecule has 5 heteroatoms. The molecule has 0 bridgehead atoms. The van der Waals surface area contributed by atoms with E-state index in [-0.39, 0.29) is 47.3 Å². The van der Waals surface area contributed by atoms with E-state index in [1.807, 2.05) is 13.8 Å². The van der Waals surface area contributed by atoms with Crippen LogP contribution in [0, 0.1) is 39.4 Å². The second-order valence-corrected chi connectivity index (χ2v) is 14.3. The van der Waals surface area contributed by atoms with Crippen LogP contribution in [0.4, 0.5) is 0 Å². The van der Waals surface area contributed by atoms with Gasteiger partial charge in [-0.05, 0) is 97.9 Å². The topological polar surface area (TPSA) is 72.8 Å². The minimum atomic E-state index is -0.692. The van der Waals surface area contributed by atoms with Crippen molar-refractivity contribution in [1.29, 1.82) is 0 Å². The molecule has 5 rings (SSSR count). The number of aliphatic hydroxyl groups is 1. The Morgan fingerprint density at radius 3 is 2.43 bits per heavy atom. The van der Waals surface area contributed by atoms with Gasteiger partial charge in [0.2, 0.25) is 0 Å². The third kappa shape index (κ3) is 3.79. The normalized spacial score (nSPS) is 47.8. The zero-order valence-electron chi connectivity index (χ0n) is 24.3. The first-order valence-electron chi connectivity index (χ1n) is 15.2. The minimum Gasteiger partial charge on any atom is -0.461 e. The summed E-state index contributed by atoms with van der Waals surface area (Å²) in [6.07, 6.45) is 9.42. The Morgan fingerprint density at radius 1 is 1.05 bits per heavy atom. The lowest BCUT2D eigenvalue weighted by molar-refractivity contribution is -0.228. The number of aliphatic hydroxyl groups excluding tert-OH is 1. The molecule has 1 N–H and O–H groups in total. The Morgan fingerprint density at radius 2 is 1.76 bits per heavy atom. The standard InChI is InChI=1S/C32H50O5/c1-8-20(33)17-26(34)37-25-18-24-30(5)15-10-14-29(4,9-2)22(30)13-16-31(24,6)23-12-11-21-19(3)36-28(35)27(21)32(23,25)7/h19-20,22-25,33H,8-18H2,1-7H3/t19-,20?,22?,23?,24?,25+,29+,30+,31+,32-/m1/s1. The molecule has 208 valence electrons. The molecule has 0 spiro atoms. The van der Waals surface area contributed by atoms with E-state index in [1.54, 1.807) is 0 Å².